The van der Waals surface area contributed by atoms with Crippen LogP contribution < -0.4 is 5.32 Å². The molecule has 0 aliphatic heterocycles. The zero-order valence-corrected chi connectivity index (χ0v) is 16.0. The van der Waals surface area contributed by atoms with Crippen molar-refractivity contribution in [3.05, 3.63) is 53.9 Å². The first-order valence-electron chi connectivity index (χ1n) is 8.31. The third-order valence-corrected chi connectivity index (χ3v) is 5.29. The molecule has 0 saturated heterocycles. The first-order chi connectivity index (χ1) is 12.5. The van der Waals surface area contributed by atoms with Crippen molar-refractivity contribution in [3.63, 3.8) is 0 Å². The van der Waals surface area contributed by atoms with Gasteiger partial charge in [0.05, 0.1) is 5.25 Å². The smallest absolute Gasteiger partial charge is 0.237 e. The van der Waals surface area contributed by atoms with E-state index in [-0.39, 0.29) is 11.2 Å². The molecule has 2 aromatic heterocycles. The summed E-state index contributed by atoms with van der Waals surface area (Å²) < 4.78 is 1.89. The monoisotopic (exact) mass is 367 g/mol. The summed E-state index contributed by atoms with van der Waals surface area (Å²) in [5, 5.41) is 11.9. The Hall–Kier alpha value is -2.67. The Morgan fingerprint density at radius 2 is 1.77 bits per heavy atom. The Kier molecular flexibility index (Phi) is 5.37. The van der Waals surface area contributed by atoms with E-state index in [9.17, 15) is 4.79 Å². The summed E-state index contributed by atoms with van der Waals surface area (Å²) in [4.78, 5) is 16.6. The molecule has 1 amide bonds. The van der Waals surface area contributed by atoms with Gasteiger partial charge in [0.2, 0.25) is 5.91 Å². The number of hydrogen-bond acceptors (Lipinski definition) is 5. The molecule has 1 N–H and O–H groups in total. The van der Waals surface area contributed by atoms with Gasteiger partial charge in [-0.1, -0.05) is 30.0 Å². The summed E-state index contributed by atoms with van der Waals surface area (Å²) >= 11 is 1.39. The summed E-state index contributed by atoms with van der Waals surface area (Å²) in [6.45, 7) is 5.85. The van der Waals surface area contributed by atoms with Gasteiger partial charge in [-0.15, -0.1) is 10.2 Å². The summed E-state index contributed by atoms with van der Waals surface area (Å²) in [6.07, 6.45) is 3.44. The minimum atomic E-state index is -0.304. The van der Waals surface area contributed by atoms with Gasteiger partial charge in [0.15, 0.2) is 11.0 Å². The van der Waals surface area contributed by atoms with E-state index >= 15 is 0 Å². The number of para-hydroxylation sites is 1. The van der Waals surface area contributed by atoms with Crippen LogP contribution in [-0.4, -0.2) is 30.9 Å². The number of anilines is 1. The lowest BCUT2D eigenvalue weighted by molar-refractivity contribution is -0.115. The van der Waals surface area contributed by atoms with Crippen molar-refractivity contribution < 1.29 is 4.79 Å². The Bertz CT molecular complexity index is 903. The number of nitrogens with zero attached hydrogens (tertiary/aromatic N) is 4. The molecule has 134 valence electrons. The van der Waals surface area contributed by atoms with Crippen molar-refractivity contribution in [1.29, 1.82) is 0 Å². The molecule has 0 fully saturated rings. The van der Waals surface area contributed by atoms with Gasteiger partial charge in [0, 0.05) is 30.7 Å². The predicted octanol–water partition coefficient (Wildman–Crippen LogP) is 3.61. The van der Waals surface area contributed by atoms with Crippen LogP contribution in [0.3, 0.4) is 0 Å². The fourth-order valence-corrected chi connectivity index (χ4v) is 3.43. The van der Waals surface area contributed by atoms with Gasteiger partial charge < -0.3 is 9.88 Å². The molecule has 0 unspecified atom stereocenters. The molecule has 0 aliphatic carbocycles. The Morgan fingerprint density at radius 3 is 2.42 bits per heavy atom. The van der Waals surface area contributed by atoms with Crippen molar-refractivity contribution >= 4 is 23.4 Å². The second-order valence-electron chi connectivity index (χ2n) is 6.12. The minimum Gasteiger partial charge on any atom is -0.325 e. The van der Waals surface area contributed by atoms with Crippen LogP contribution in [0.25, 0.3) is 11.4 Å². The molecular weight excluding hydrogens is 346 g/mol. The molecule has 3 aromatic rings. The zero-order valence-electron chi connectivity index (χ0n) is 15.2. The summed E-state index contributed by atoms with van der Waals surface area (Å²) in [6, 6.07) is 9.73. The van der Waals surface area contributed by atoms with Gasteiger partial charge in [0.1, 0.15) is 0 Å². The number of pyridine rings is 1. The molecular formula is C19H21N5OS. The highest BCUT2D eigenvalue weighted by atomic mass is 32.2. The average Bonchev–Trinajstić information content (AvgIpc) is 2.99. The van der Waals surface area contributed by atoms with E-state index in [0.29, 0.717) is 5.16 Å². The molecule has 3 rings (SSSR count). The summed E-state index contributed by atoms with van der Waals surface area (Å²) in [5.41, 5.74) is 3.92. The molecule has 26 heavy (non-hydrogen) atoms. The van der Waals surface area contributed by atoms with Gasteiger partial charge in [-0.3, -0.25) is 9.78 Å². The summed E-state index contributed by atoms with van der Waals surface area (Å²) in [7, 11) is 1.90. The molecule has 0 spiro atoms. The minimum absolute atomic E-state index is 0.0548. The van der Waals surface area contributed by atoms with Crippen molar-refractivity contribution in [2.75, 3.05) is 5.32 Å². The molecule has 2 heterocycles. The third kappa shape index (κ3) is 3.77. The second kappa shape index (κ2) is 7.70. The van der Waals surface area contributed by atoms with Crippen LogP contribution in [0.4, 0.5) is 5.69 Å². The highest BCUT2D eigenvalue weighted by Gasteiger charge is 2.20. The predicted molar refractivity (Wildman–Crippen MR) is 104 cm³/mol. The maximum absolute atomic E-state index is 12.6. The largest absolute Gasteiger partial charge is 0.325 e. The van der Waals surface area contributed by atoms with Gasteiger partial charge >= 0.3 is 0 Å². The molecule has 0 aliphatic rings. The molecule has 1 atom stereocenters. The number of carbonyl (C=O) groups is 1. The lowest BCUT2D eigenvalue weighted by Crippen LogP contribution is -2.23. The van der Waals surface area contributed by atoms with Crippen molar-refractivity contribution in [1.82, 2.24) is 19.7 Å². The fraction of sp³-hybridized carbons (Fsp3) is 0.263. The van der Waals surface area contributed by atoms with E-state index in [0.717, 1.165) is 28.2 Å². The number of aryl methyl sites for hydroxylation is 2. The number of benzene rings is 1. The van der Waals surface area contributed by atoms with Crippen LogP contribution in [0.5, 0.6) is 0 Å². The van der Waals surface area contributed by atoms with Gasteiger partial charge in [-0.05, 0) is 44.0 Å². The Labute approximate surface area is 157 Å². The average molecular weight is 367 g/mol. The Balaban J connectivity index is 1.73. The van der Waals surface area contributed by atoms with E-state index in [4.69, 9.17) is 0 Å². The molecule has 0 saturated carbocycles. The van der Waals surface area contributed by atoms with E-state index in [2.05, 4.69) is 20.5 Å². The van der Waals surface area contributed by atoms with Crippen LogP contribution in [-0.2, 0) is 11.8 Å². The van der Waals surface area contributed by atoms with E-state index in [1.165, 1.54) is 11.8 Å². The third-order valence-electron chi connectivity index (χ3n) is 4.15. The normalized spacial score (nSPS) is 12.0. The molecule has 6 nitrogen and oxygen atoms in total. The van der Waals surface area contributed by atoms with Crippen molar-refractivity contribution in [2.24, 2.45) is 7.05 Å². The van der Waals surface area contributed by atoms with E-state index < -0.39 is 0 Å². The van der Waals surface area contributed by atoms with Crippen LogP contribution in [0.1, 0.15) is 18.1 Å². The highest BCUT2D eigenvalue weighted by molar-refractivity contribution is 8.00. The number of carbonyl (C=O) groups excluding carboxylic acids is 1. The molecule has 7 heteroatoms. The lowest BCUT2D eigenvalue weighted by atomic mass is 10.1. The maximum Gasteiger partial charge on any atom is 0.237 e. The number of hydrogen-bond donors (Lipinski definition) is 1. The quantitative estimate of drug-likeness (QED) is 0.698. The lowest BCUT2D eigenvalue weighted by Gasteiger charge is -2.15. The summed E-state index contributed by atoms with van der Waals surface area (Å²) in [5.74, 6) is 0.693. The molecule has 0 bridgehead atoms. The Morgan fingerprint density at radius 1 is 1.12 bits per heavy atom. The van der Waals surface area contributed by atoms with Crippen LogP contribution in [0.15, 0.2) is 47.9 Å². The number of amides is 1. The fourth-order valence-electron chi connectivity index (χ4n) is 2.62. The van der Waals surface area contributed by atoms with Gasteiger partial charge in [-0.2, -0.15) is 0 Å². The second-order valence-corrected chi connectivity index (χ2v) is 7.43. The van der Waals surface area contributed by atoms with Crippen molar-refractivity contribution in [2.45, 2.75) is 31.2 Å². The number of rotatable bonds is 5. The number of aromatic nitrogens is 4. The first-order valence-corrected chi connectivity index (χ1v) is 9.19. The number of nitrogens with one attached hydrogen (secondary N) is 1. The SMILES string of the molecule is Cc1cccc(C)c1NC(=O)[C@H](C)Sc1nnc(-c2ccncc2)n1C. The molecule has 0 radical (unpaired) electrons. The van der Waals surface area contributed by atoms with E-state index in [1.54, 1.807) is 12.4 Å². The van der Waals surface area contributed by atoms with Gasteiger partial charge in [-0.25, -0.2) is 0 Å². The molecule has 1 aromatic carbocycles. The maximum atomic E-state index is 12.6. The van der Waals surface area contributed by atoms with Crippen molar-refractivity contribution in [3.8, 4) is 11.4 Å². The zero-order chi connectivity index (χ0) is 18.7. The van der Waals surface area contributed by atoms with Crippen LogP contribution >= 0.6 is 11.8 Å². The van der Waals surface area contributed by atoms with Crippen LogP contribution in [0, 0.1) is 13.8 Å². The standard InChI is InChI=1S/C19H21N5OS/c1-12-6-5-7-13(2)16(12)21-18(25)14(3)26-19-23-22-17(24(19)4)15-8-10-20-11-9-15/h5-11,14H,1-4H3,(H,21,25)/t14-/m0/s1. The highest BCUT2D eigenvalue weighted by Crippen LogP contribution is 2.27. The first kappa shape index (κ1) is 18.1. The van der Waals surface area contributed by atoms with E-state index in [1.807, 2.05) is 62.7 Å². The van der Waals surface area contributed by atoms with Gasteiger partial charge in [0.25, 0.3) is 0 Å². The van der Waals surface area contributed by atoms with Crippen LogP contribution in [0.2, 0.25) is 0 Å². The topological polar surface area (TPSA) is 72.7 Å². The number of thioether (sulfide) groups is 1.